The van der Waals surface area contributed by atoms with E-state index in [2.05, 4.69) is 4.98 Å². The molecule has 1 rings (SSSR count). The van der Waals surface area contributed by atoms with Crippen LogP contribution in [0.15, 0.2) is 12.1 Å². The summed E-state index contributed by atoms with van der Waals surface area (Å²) >= 11 is 11.4. The van der Waals surface area contributed by atoms with Crippen LogP contribution in [0.1, 0.15) is 5.56 Å². The van der Waals surface area contributed by atoms with Crippen molar-refractivity contribution in [1.29, 1.82) is 0 Å². The van der Waals surface area contributed by atoms with E-state index >= 15 is 0 Å². The van der Waals surface area contributed by atoms with E-state index in [0.29, 0.717) is 16.7 Å². The Kier molecular flexibility index (Phi) is 6.40. The van der Waals surface area contributed by atoms with Crippen LogP contribution in [-0.4, -0.2) is 22.7 Å². The lowest BCUT2D eigenvalue weighted by atomic mass is 10.1. The third kappa shape index (κ3) is 4.44. The van der Waals surface area contributed by atoms with Crippen molar-refractivity contribution in [3.05, 3.63) is 28.0 Å². The summed E-state index contributed by atoms with van der Waals surface area (Å²) in [5.41, 5.74) is 6.43. The molecule has 0 fully saturated rings. The number of nitrogens with two attached hydrogens (primary N) is 1. The second-order valence-electron chi connectivity index (χ2n) is 2.77. The van der Waals surface area contributed by atoms with Crippen molar-refractivity contribution in [2.45, 2.75) is 12.5 Å². The summed E-state index contributed by atoms with van der Waals surface area (Å²) in [6.45, 7) is -0.0580. The SMILES string of the molecule is Cl.NC(CO)Cc1cc(Cl)nc(Cl)c1. The first-order valence-electron chi connectivity index (χ1n) is 3.80. The Balaban J connectivity index is 0.00000169. The summed E-state index contributed by atoms with van der Waals surface area (Å²) in [4.78, 5) is 3.79. The van der Waals surface area contributed by atoms with Crippen LogP contribution >= 0.6 is 35.6 Å². The van der Waals surface area contributed by atoms with Gasteiger partial charge in [0.1, 0.15) is 10.3 Å². The molecule has 80 valence electrons. The lowest BCUT2D eigenvalue weighted by Crippen LogP contribution is -2.26. The monoisotopic (exact) mass is 256 g/mol. The Hall–Kier alpha value is -0.0600. The molecule has 0 saturated heterocycles. The standard InChI is InChI=1S/C8H10Cl2N2O.ClH/c9-7-2-5(1-6(11)4-13)3-8(10)12-7;/h2-3,6,13H,1,4,11H2;1H. The van der Waals surface area contributed by atoms with Crippen molar-refractivity contribution in [2.24, 2.45) is 5.73 Å². The first kappa shape index (κ1) is 13.9. The highest BCUT2D eigenvalue weighted by molar-refractivity contribution is 6.32. The number of pyridine rings is 1. The lowest BCUT2D eigenvalue weighted by Gasteiger charge is -2.07. The zero-order valence-corrected chi connectivity index (χ0v) is 9.61. The van der Waals surface area contributed by atoms with Crippen molar-refractivity contribution >= 4 is 35.6 Å². The fraction of sp³-hybridized carbons (Fsp3) is 0.375. The van der Waals surface area contributed by atoms with Gasteiger partial charge in [0.05, 0.1) is 6.61 Å². The fourth-order valence-corrected chi connectivity index (χ4v) is 1.51. The van der Waals surface area contributed by atoms with E-state index in [1.54, 1.807) is 12.1 Å². The summed E-state index contributed by atoms with van der Waals surface area (Å²) in [5.74, 6) is 0. The molecule has 14 heavy (non-hydrogen) atoms. The number of hydrogen-bond acceptors (Lipinski definition) is 3. The molecule has 1 aromatic rings. The number of rotatable bonds is 3. The molecule has 3 N–H and O–H groups in total. The molecule has 0 spiro atoms. The molecule has 1 unspecified atom stereocenters. The molecule has 0 aliphatic carbocycles. The molecular weight excluding hydrogens is 246 g/mol. The normalized spacial score (nSPS) is 12.0. The van der Waals surface area contributed by atoms with Gasteiger partial charge in [0.2, 0.25) is 0 Å². The minimum atomic E-state index is -0.283. The van der Waals surface area contributed by atoms with Crippen molar-refractivity contribution in [2.75, 3.05) is 6.61 Å². The summed E-state index contributed by atoms with van der Waals surface area (Å²) in [5, 5.41) is 9.41. The molecule has 0 aromatic carbocycles. The summed E-state index contributed by atoms with van der Waals surface area (Å²) in [6, 6.07) is 3.08. The Morgan fingerprint density at radius 1 is 1.36 bits per heavy atom. The Bertz CT molecular complexity index is 276. The number of hydrogen-bond donors (Lipinski definition) is 2. The van der Waals surface area contributed by atoms with Gasteiger partial charge in [-0.3, -0.25) is 0 Å². The van der Waals surface area contributed by atoms with Crippen LogP contribution in [0.5, 0.6) is 0 Å². The highest BCUT2D eigenvalue weighted by atomic mass is 35.5. The molecule has 0 bridgehead atoms. The van der Waals surface area contributed by atoms with E-state index in [-0.39, 0.29) is 25.1 Å². The van der Waals surface area contributed by atoms with Crippen LogP contribution in [0.25, 0.3) is 0 Å². The summed E-state index contributed by atoms with van der Waals surface area (Å²) < 4.78 is 0. The molecule has 0 aliphatic heterocycles. The first-order chi connectivity index (χ1) is 6.11. The predicted molar refractivity (Wildman–Crippen MR) is 60.3 cm³/mol. The van der Waals surface area contributed by atoms with E-state index < -0.39 is 0 Å². The smallest absolute Gasteiger partial charge is 0.131 e. The number of nitrogens with zero attached hydrogens (tertiary/aromatic N) is 1. The third-order valence-electron chi connectivity index (χ3n) is 1.56. The molecule has 0 radical (unpaired) electrons. The van der Waals surface area contributed by atoms with E-state index in [1.807, 2.05) is 0 Å². The molecule has 0 aliphatic rings. The van der Waals surface area contributed by atoms with Gasteiger partial charge < -0.3 is 10.8 Å². The van der Waals surface area contributed by atoms with Crippen LogP contribution in [0.4, 0.5) is 0 Å². The van der Waals surface area contributed by atoms with Gasteiger partial charge in [0.25, 0.3) is 0 Å². The maximum Gasteiger partial charge on any atom is 0.131 e. The van der Waals surface area contributed by atoms with Crippen LogP contribution in [0.3, 0.4) is 0 Å². The lowest BCUT2D eigenvalue weighted by molar-refractivity contribution is 0.265. The Morgan fingerprint density at radius 2 is 1.86 bits per heavy atom. The molecule has 3 nitrogen and oxygen atoms in total. The quantitative estimate of drug-likeness (QED) is 0.810. The van der Waals surface area contributed by atoms with Crippen LogP contribution in [-0.2, 0) is 6.42 Å². The minimum Gasteiger partial charge on any atom is -0.395 e. The second-order valence-corrected chi connectivity index (χ2v) is 3.54. The molecular formula is C8H11Cl3N2O. The number of aliphatic hydroxyl groups excluding tert-OH is 1. The van der Waals surface area contributed by atoms with E-state index in [4.69, 9.17) is 34.0 Å². The van der Waals surface area contributed by atoms with Gasteiger partial charge in [-0.05, 0) is 24.1 Å². The van der Waals surface area contributed by atoms with Crippen molar-refractivity contribution in [3.8, 4) is 0 Å². The molecule has 1 aromatic heterocycles. The fourth-order valence-electron chi connectivity index (χ4n) is 0.999. The van der Waals surface area contributed by atoms with Gasteiger partial charge >= 0.3 is 0 Å². The van der Waals surface area contributed by atoms with Gasteiger partial charge in [-0.1, -0.05) is 23.2 Å². The zero-order chi connectivity index (χ0) is 9.84. The maximum atomic E-state index is 8.73. The second kappa shape index (κ2) is 6.43. The predicted octanol–water partition coefficient (Wildman–Crippen LogP) is 1.67. The first-order valence-corrected chi connectivity index (χ1v) is 4.56. The molecule has 6 heteroatoms. The highest BCUT2D eigenvalue weighted by Crippen LogP contribution is 2.15. The molecule has 0 amide bonds. The maximum absolute atomic E-state index is 8.73. The van der Waals surface area contributed by atoms with Gasteiger partial charge in [0, 0.05) is 6.04 Å². The van der Waals surface area contributed by atoms with E-state index in [0.717, 1.165) is 5.56 Å². The van der Waals surface area contributed by atoms with E-state index in [1.165, 1.54) is 0 Å². The van der Waals surface area contributed by atoms with Gasteiger partial charge in [0.15, 0.2) is 0 Å². The Labute approximate surface area is 98.6 Å². The van der Waals surface area contributed by atoms with Crippen molar-refractivity contribution in [1.82, 2.24) is 4.98 Å². The van der Waals surface area contributed by atoms with Gasteiger partial charge in [-0.15, -0.1) is 12.4 Å². The van der Waals surface area contributed by atoms with E-state index in [9.17, 15) is 0 Å². The Morgan fingerprint density at radius 3 is 2.29 bits per heavy atom. The van der Waals surface area contributed by atoms with Gasteiger partial charge in [-0.2, -0.15) is 0 Å². The van der Waals surface area contributed by atoms with Crippen molar-refractivity contribution < 1.29 is 5.11 Å². The average Bonchev–Trinajstić information content (AvgIpc) is 2.02. The summed E-state index contributed by atoms with van der Waals surface area (Å²) in [6.07, 6.45) is 0.540. The zero-order valence-electron chi connectivity index (χ0n) is 7.28. The topological polar surface area (TPSA) is 59.1 Å². The molecule has 0 saturated carbocycles. The molecule has 1 heterocycles. The number of halogens is 3. The number of aliphatic hydroxyl groups is 1. The van der Waals surface area contributed by atoms with Crippen LogP contribution < -0.4 is 5.73 Å². The molecule has 1 atom stereocenters. The van der Waals surface area contributed by atoms with Gasteiger partial charge in [-0.25, -0.2) is 4.98 Å². The highest BCUT2D eigenvalue weighted by Gasteiger charge is 2.04. The largest absolute Gasteiger partial charge is 0.395 e. The third-order valence-corrected chi connectivity index (χ3v) is 1.94. The summed E-state index contributed by atoms with van der Waals surface area (Å²) in [7, 11) is 0. The van der Waals surface area contributed by atoms with Crippen LogP contribution in [0, 0.1) is 0 Å². The number of aromatic nitrogens is 1. The van der Waals surface area contributed by atoms with Crippen molar-refractivity contribution in [3.63, 3.8) is 0 Å². The average molecular weight is 258 g/mol. The minimum absolute atomic E-state index is 0. The van der Waals surface area contributed by atoms with Crippen LogP contribution in [0.2, 0.25) is 10.3 Å².